The van der Waals surface area contributed by atoms with Crippen LogP contribution in [0.15, 0.2) is 0 Å². The SMILES string of the molecule is CN(CC(=O)NC(C)(C)C)C(=O)CCCCCl. The van der Waals surface area contributed by atoms with Crippen LogP contribution in [0.3, 0.4) is 0 Å². The van der Waals surface area contributed by atoms with E-state index in [-0.39, 0.29) is 23.9 Å². The van der Waals surface area contributed by atoms with Crippen LogP contribution < -0.4 is 5.32 Å². The minimum atomic E-state index is -0.264. The quantitative estimate of drug-likeness (QED) is 0.586. The lowest BCUT2D eigenvalue weighted by Gasteiger charge is -2.23. The Kier molecular flexibility index (Phi) is 7.19. The number of hydrogen-bond donors (Lipinski definition) is 1. The predicted octanol–water partition coefficient (Wildman–Crippen LogP) is 1.77. The first-order chi connectivity index (χ1) is 7.76. The third-order valence-corrected chi connectivity index (χ3v) is 2.36. The van der Waals surface area contributed by atoms with Crippen LogP contribution in [-0.4, -0.2) is 41.7 Å². The average Bonchev–Trinajstić information content (AvgIpc) is 2.14. The summed E-state index contributed by atoms with van der Waals surface area (Å²) in [7, 11) is 1.64. The largest absolute Gasteiger partial charge is 0.350 e. The maximum atomic E-state index is 11.6. The van der Waals surface area contributed by atoms with E-state index in [2.05, 4.69) is 5.32 Å². The van der Waals surface area contributed by atoms with Crippen molar-refractivity contribution >= 4 is 23.4 Å². The van der Waals surface area contributed by atoms with Gasteiger partial charge >= 0.3 is 0 Å². The highest BCUT2D eigenvalue weighted by atomic mass is 35.5. The zero-order valence-electron chi connectivity index (χ0n) is 11.2. The van der Waals surface area contributed by atoms with Crippen LogP contribution >= 0.6 is 11.6 Å². The number of likely N-dealkylation sites (N-methyl/N-ethyl adjacent to an activating group) is 1. The molecule has 0 aromatic rings. The van der Waals surface area contributed by atoms with Gasteiger partial charge in [0, 0.05) is 24.9 Å². The summed E-state index contributed by atoms with van der Waals surface area (Å²) in [5.74, 6) is 0.423. The third kappa shape index (κ3) is 8.98. The number of hydrogen-bond acceptors (Lipinski definition) is 2. The molecule has 0 unspecified atom stereocenters. The fourth-order valence-corrected chi connectivity index (χ4v) is 1.51. The average molecular weight is 263 g/mol. The topological polar surface area (TPSA) is 49.4 Å². The number of halogens is 1. The monoisotopic (exact) mass is 262 g/mol. The van der Waals surface area contributed by atoms with E-state index in [4.69, 9.17) is 11.6 Å². The molecule has 0 saturated heterocycles. The number of nitrogens with zero attached hydrogens (tertiary/aromatic N) is 1. The zero-order chi connectivity index (χ0) is 13.5. The lowest BCUT2D eigenvalue weighted by Crippen LogP contribution is -2.46. The summed E-state index contributed by atoms with van der Waals surface area (Å²) in [6.45, 7) is 5.84. The van der Waals surface area contributed by atoms with E-state index < -0.39 is 0 Å². The van der Waals surface area contributed by atoms with Gasteiger partial charge in [0.25, 0.3) is 0 Å². The number of nitrogens with one attached hydrogen (secondary N) is 1. The molecule has 4 nitrogen and oxygen atoms in total. The van der Waals surface area contributed by atoms with Gasteiger partial charge in [-0.3, -0.25) is 9.59 Å². The number of rotatable bonds is 6. The molecule has 0 spiro atoms. The number of alkyl halides is 1. The lowest BCUT2D eigenvalue weighted by molar-refractivity contribution is -0.135. The van der Waals surface area contributed by atoms with Crippen LogP contribution in [0.5, 0.6) is 0 Å². The van der Waals surface area contributed by atoms with Gasteiger partial charge in [0.1, 0.15) is 0 Å². The lowest BCUT2D eigenvalue weighted by atomic mass is 10.1. The molecule has 0 radical (unpaired) electrons. The van der Waals surface area contributed by atoms with Crippen molar-refractivity contribution in [2.75, 3.05) is 19.5 Å². The molecule has 2 amide bonds. The second-order valence-corrected chi connectivity index (χ2v) is 5.57. The summed E-state index contributed by atoms with van der Waals surface area (Å²) < 4.78 is 0. The second-order valence-electron chi connectivity index (χ2n) is 5.19. The van der Waals surface area contributed by atoms with Crippen LogP contribution in [0.1, 0.15) is 40.0 Å². The highest BCUT2D eigenvalue weighted by molar-refractivity contribution is 6.17. The first kappa shape index (κ1) is 16.2. The standard InChI is InChI=1S/C12H23ClN2O2/c1-12(2,3)14-10(16)9-15(4)11(17)7-5-6-8-13/h5-9H2,1-4H3,(H,14,16). The number of amides is 2. The third-order valence-electron chi connectivity index (χ3n) is 2.10. The van der Waals surface area contributed by atoms with Crippen molar-refractivity contribution < 1.29 is 9.59 Å². The second kappa shape index (κ2) is 7.54. The van der Waals surface area contributed by atoms with E-state index in [1.807, 2.05) is 20.8 Å². The first-order valence-electron chi connectivity index (χ1n) is 5.87. The summed E-state index contributed by atoms with van der Waals surface area (Å²) in [5.41, 5.74) is -0.264. The molecule has 100 valence electrons. The van der Waals surface area contributed by atoms with Gasteiger partial charge in [0.15, 0.2) is 0 Å². The molecular weight excluding hydrogens is 240 g/mol. The Morgan fingerprint density at radius 2 is 1.82 bits per heavy atom. The molecule has 0 saturated carbocycles. The highest BCUT2D eigenvalue weighted by Gasteiger charge is 2.17. The molecule has 0 atom stereocenters. The van der Waals surface area contributed by atoms with Crippen LogP contribution in [-0.2, 0) is 9.59 Å². The number of carbonyl (C=O) groups excluding carboxylic acids is 2. The van der Waals surface area contributed by atoms with E-state index in [1.54, 1.807) is 7.05 Å². The van der Waals surface area contributed by atoms with Crippen molar-refractivity contribution in [3.63, 3.8) is 0 Å². The first-order valence-corrected chi connectivity index (χ1v) is 6.40. The summed E-state index contributed by atoms with van der Waals surface area (Å²) in [6.07, 6.45) is 2.05. The minimum Gasteiger partial charge on any atom is -0.350 e. The molecule has 5 heteroatoms. The fourth-order valence-electron chi connectivity index (χ4n) is 1.32. The van der Waals surface area contributed by atoms with Gasteiger partial charge in [-0.2, -0.15) is 0 Å². The van der Waals surface area contributed by atoms with Gasteiger partial charge in [-0.15, -0.1) is 11.6 Å². The molecule has 0 fully saturated rings. The van der Waals surface area contributed by atoms with Gasteiger partial charge in [-0.1, -0.05) is 0 Å². The van der Waals surface area contributed by atoms with Crippen molar-refractivity contribution in [3.05, 3.63) is 0 Å². The van der Waals surface area contributed by atoms with Crippen LogP contribution in [0, 0.1) is 0 Å². The molecule has 17 heavy (non-hydrogen) atoms. The van der Waals surface area contributed by atoms with Crippen LogP contribution in [0.25, 0.3) is 0 Å². The Hall–Kier alpha value is -0.770. The Morgan fingerprint density at radius 1 is 1.24 bits per heavy atom. The smallest absolute Gasteiger partial charge is 0.240 e. The molecular formula is C12H23ClN2O2. The van der Waals surface area contributed by atoms with Crippen molar-refractivity contribution in [2.24, 2.45) is 0 Å². The zero-order valence-corrected chi connectivity index (χ0v) is 11.9. The predicted molar refractivity (Wildman–Crippen MR) is 70.1 cm³/mol. The molecule has 1 N–H and O–H groups in total. The molecule has 0 bridgehead atoms. The van der Waals surface area contributed by atoms with Crippen molar-refractivity contribution in [1.82, 2.24) is 10.2 Å². The minimum absolute atomic E-state index is 0.0147. The molecule has 0 aliphatic carbocycles. The van der Waals surface area contributed by atoms with E-state index in [9.17, 15) is 9.59 Å². The fraction of sp³-hybridized carbons (Fsp3) is 0.833. The van der Waals surface area contributed by atoms with E-state index >= 15 is 0 Å². The van der Waals surface area contributed by atoms with Crippen molar-refractivity contribution in [2.45, 2.75) is 45.6 Å². The summed E-state index contributed by atoms with van der Waals surface area (Å²) in [5, 5.41) is 2.82. The summed E-state index contributed by atoms with van der Waals surface area (Å²) in [4.78, 5) is 24.7. The maximum absolute atomic E-state index is 11.6. The maximum Gasteiger partial charge on any atom is 0.240 e. The van der Waals surface area contributed by atoms with Gasteiger partial charge in [-0.25, -0.2) is 0 Å². The van der Waals surface area contributed by atoms with E-state index in [0.29, 0.717) is 12.3 Å². The number of unbranched alkanes of at least 4 members (excludes halogenated alkanes) is 1. The molecule has 0 aliphatic rings. The molecule has 0 aromatic carbocycles. The Morgan fingerprint density at radius 3 is 2.29 bits per heavy atom. The van der Waals surface area contributed by atoms with Gasteiger partial charge in [-0.05, 0) is 33.6 Å². The Bertz CT molecular complexity index is 262. The van der Waals surface area contributed by atoms with Gasteiger partial charge in [0.2, 0.25) is 11.8 Å². The van der Waals surface area contributed by atoms with Gasteiger partial charge in [0.05, 0.1) is 6.54 Å². The van der Waals surface area contributed by atoms with Crippen LogP contribution in [0.2, 0.25) is 0 Å². The molecule has 0 rings (SSSR count). The van der Waals surface area contributed by atoms with Crippen LogP contribution in [0.4, 0.5) is 0 Å². The van der Waals surface area contributed by atoms with Crippen molar-refractivity contribution in [3.8, 4) is 0 Å². The Labute approximate surface area is 109 Å². The van der Waals surface area contributed by atoms with E-state index in [1.165, 1.54) is 4.90 Å². The summed E-state index contributed by atoms with van der Waals surface area (Å²) in [6, 6.07) is 0. The van der Waals surface area contributed by atoms with E-state index in [0.717, 1.165) is 12.8 Å². The van der Waals surface area contributed by atoms with Gasteiger partial charge < -0.3 is 10.2 Å². The Balaban J connectivity index is 3.95. The molecule has 0 heterocycles. The molecule has 0 aromatic heterocycles. The highest BCUT2D eigenvalue weighted by Crippen LogP contribution is 2.02. The summed E-state index contributed by atoms with van der Waals surface area (Å²) >= 11 is 5.53. The molecule has 0 aliphatic heterocycles. The normalized spacial score (nSPS) is 11.1. The van der Waals surface area contributed by atoms with Crippen molar-refractivity contribution in [1.29, 1.82) is 0 Å². The number of carbonyl (C=O) groups is 2.